The first-order valence-electron chi connectivity index (χ1n) is 18.8. The Morgan fingerprint density at radius 3 is 2.07 bits per heavy atom. The van der Waals surface area contributed by atoms with Crippen molar-refractivity contribution < 1.29 is 4.74 Å². The highest BCUT2D eigenvalue weighted by Crippen LogP contribution is 2.51. The van der Waals surface area contributed by atoms with Crippen LogP contribution >= 0.6 is 11.8 Å². The SMILES string of the molecule is c1ccc(-c2cccc3c2Sc2cccc4nc(-n5c6ccccc6c6cc(-c7cc8c9c(c7)c7ccccc7n9-c7ccccc7O8)ccc65)nc-3c24)cc1. The molecule has 0 radical (unpaired) electrons. The van der Waals surface area contributed by atoms with Crippen molar-refractivity contribution in [1.82, 2.24) is 19.1 Å². The average molecular weight is 733 g/mol. The molecule has 13 rings (SSSR count). The minimum atomic E-state index is 0.664. The van der Waals surface area contributed by atoms with Crippen LogP contribution in [0.2, 0.25) is 0 Å². The molecule has 260 valence electrons. The summed E-state index contributed by atoms with van der Waals surface area (Å²) in [7, 11) is 0. The van der Waals surface area contributed by atoms with Crippen LogP contribution in [0.3, 0.4) is 0 Å². The Bertz CT molecular complexity index is 3490. The minimum Gasteiger partial charge on any atom is -0.453 e. The van der Waals surface area contributed by atoms with Crippen LogP contribution in [0.5, 0.6) is 11.5 Å². The van der Waals surface area contributed by atoms with Crippen LogP contribution in [0.15, 0.2) is 180 Å². The Morgan fingerprint density at radius 1 is 0.464 bits per heavy atom. The van der Waals surface area contributed by atoms with Crippen LogP contribution in [0, 0.1) is 0 Å². The summed E-state index contributed by atoms with van der Waals surface area (Å²) in [6.07, 6.45) is 0. The van der Waals surface area contributed by atoms with E-state index in [-0.39, 0.29) is 0 Å². The first kappa shape index (κ1) is 30.2. The maximum atomic E-state index is 6.65. The Kier molecular flexibility index (Phi) is 6.04. The quantitative estimate of drug-likeness (QED) is 0.181. The van der Waals surface area contributed by atoms with Crippen LogP contribution in [-0.4, -0.2) is 19.1 Å². The number of rotatable bonds is 3. The smallest absolute Gasteiger partial charge is 0.235 e. The van der Waals surface area contributed by atoms with E-state index >= 15 is 0 Å². The zero-order valence-corrected chi connectivity index (χ0v) is 30.6. The van der Waals surface area contributed by atoms with E-state index in [4.69, 9.17) is 14.7 Å². The molecule has 2 aliphatic heterocycles. The van der Waals surface area contributed by atoms with Gasteiger partial charge in [0.1, 0.15) is 0 Å². The molecule has 0 N–H and O–H groups in total. The fourth-order valence-electron chi connectivity index (χ4n) is 9.08. The third-order valence-electron chi connectivity index (χ3n) is 11.5. The summed E-state index contributed by atoms with van der Waals surface area (Å²) < 4.78 is 11.2. The molecule has 0 fully saturated rings. The van der Waals surface area contributed by atoms with Gasteiger partial charge in [-0.3, -0.25) is 4.57 Å². The lowest BCUT2D eigenvalue weighted by atomic mass is 9.99. The van der Waals surface area contributed by atoms with Gasteiger partial charge in [0, 0.05) is 42.3 Å². The van der Waals surface area contributed by atoms with E-state index in [0.29, 0.717) is 5.95 Å². The Balaban J connectivity index is 1.02. The van der Waals surface area contributed by atoms with Crippen molar-refractivity contribution in [3.05, 3.63) is 170 Å². The molecule has 2 aliphatic rings. The molecule has 0 unspecified atom stereocenters. The van der Waals surface area contributed by atoms with Crippen LogP contribution in [-0.2, 0) is 0 Å². The summed E-state index contributed by atoms with van der Waals surface area (Å²) >= 11 is 1.81. The monoisotopic (exact) mass is 732 g/mol. The lowest BCUT2D eigenvalue weighted by Crippen LogP contribution is -2.06. The third kappa shape index (κ3) is 4.11. The maximum absolute atomic E-state index is 6.65. The molecule has 0 spiro atoms. The van der Waals surface area contributed by atoms with E-state index in [1.807, 2.05) is 17.8 Å². The standard InChI is InChI=1S/C50H28N4OS/c1-2-12-29(13-3-1)32-16-10-17-35-47-46-38(18-11-23-45(46)56-49(32)35)51-50(52-47)54-40-20-7-4-14-33(40)36-26-30(24-25-41(36)54)31-27-37-34-15-5-6-19-39(34)53-42-21-8-9-22-43(42)55-44(28-31)48(37)53/h1-28H. The van der Waals surface area contributed by atoms with Crippen molar-refractivity contribution >= 4 is 66.3 Å². The second kappa shape index (κ2) is 11.2. The summed E-state index contributed by atoms with van der Waals surface area (Å²) in [5.74, 6) is 2.39. The van der Waals surface area contributed by atoms with Crippen LogP contribution in [0.25, 0.3) is 99.7 Å². The van der Waals surface area contributed by atoms with Crippen LogP contribution in [0.4, 0.5) is 0 Å². The molecule has 0 amide bonds. The molecular weight excluding hydrogens is 705 g/mol. The number of aromatic nitrogens is 4. The molecule has 11 aromatic rings. The van der Waals surface area contributed by atoms with Gasteiger partial charge in [-0.05, 0) is 82.9 Å². The molecule has 0 saturated carbocycles. The molecule has 0 atom stereocenters. The second-order valence-electron chi connectivity index (χ2n) is 14.6. The Morgan fingerprint density at radius 2 is 1.18 bits per heavy atom. The van der Waals surface area contributed by atoms with Gasteiger partial charge >= 0.3 is 0 Å². The van der Waals surface area contributed by atoms with Gasteiger partial charge in [0.15, 0.2) is 11.5 Å². The third-order valence-corrected chi connectivity index (χ3v) is 12.7. The summed E-state index contributed by atoms with van der Waals surface area (Å²) in [4.78, 5) is 13.2. The number of benzene rings is 8. The predicted octanol–water partition coefficient (Wildman–Crippen LogP) is 13.4. The summed E-state index contributed by atoms with van der Waals surface area (Å²) in [5, 5.41) is 5.79. The van der Waals surface area contributed by atoms with Crippen molar-refractivity contribution in [2.45, 2.75) is 9.79 Å². The highest BCUT2D eigenvalue weighted by atomic mass is 32.2. The van der Waals surface area contributed by atoms with Gasteiger partial charge in [-0.15, -0.1) is 0 Å². The van der Waals surface area contributed by atoms with E-state index in [1.165, 1.54) is 37.2 Å². The molecule has 5 heterocycles. The van der Waals surface area contributed by atoms with Gasteiger partial charge in [0.05, 0.1) is 39.0 Å². The number of nitrogens with zero attached hydrogens (tertiary/aromatic N) is 4. The molecule has 3 aromatic heterocycles. The van der Waals surface area contributed by atoms with E-state index in [2.05, 4.69) is 173 Å². The summed E-state index contributed by atoms with van der Waals surface area (Å²) in [6.45, 7) is 0. The first-order valence-corrected chi connectivity index (χ1v) is 19.6. The maximum Gasteiger partial charge on any atom is 0.235 e. The highest BCUT2D eigenvalue weighted by molar-refractivity contribution is 8.00. The van der Waals surface area contributed by atoms with E-state index in [9.17, 15) is 0 Å². The summed E-state index contributed by atoms with van der Waals surface area (Å²) in [6, 6.07) is 60.5. The van der Waals surface area contributed by atoms with Crippen molar-refractivity contribution in [1.29, 1.82) is 0 Å². The number of para-hydroxylation sites is 4. The zero-order valence-electron chi connectivity index (χ0n) is 29.8. The summed E-state index contributed by atoms with van der Waals surface area (Å²) in [5.41, 5.74) is 13.2. The van der Waals surface area contributed by atoms with Crippen molar-refractivity contribution in [3.63, 3.8) is 0 Å². The Hall–Kier alpha value is -7.15. The van der Waals surface area contributed by atoms with Gasteiger partial charge < -0.3 is 9.30 Å². The molecule has 0 bridgehead atoms. The average Bonchev–Trinajstić information content (AvgIpc) is 3.77. The second-order valence-corrected chi connectivity index (χ2v) is 15.6. The highest BCUT2D eigenvalue weighted by Gasteiger charge is 2.27. The number of ether oxygens (including phenoxy) is 1. The number of fused-ring (bicyclic) bond motifs is 10. The molecule has 6 heteroatoms. The topological polar surface area (TPSA) is 44.9 Å². The fourth-order valence-corrected chi connectivity index (χ4v) is 10.3. The van der Waals surface area contributed by atoms with E-state index in [1.54, 1.807) is 0 Å². The molecule has 5 nitrogen and oxygen atoms in total. The number of hydrogen-bond acceptors (Lipinski definition) is 4. The molecular formula is C50H28N4OS. The van der Waals surface area contributed by atoms with E-state index in [0.717, 1.165) is 77.8 Å². The molecule has 0 aliphatic carbocycles. The van der Waals surface area contributed by atoms with Crippen LogP contribution < -0.4 is 4.74 Å². The minimum absolute atomic E-state index is 0.664. The molecule has 8 aromatic carbocycles. The molecule has 56 heavy (non-hydrogen) atoms. The lowest BCUT2D eigenvalue weighted by Gasteiger charge is -2.22. The van der Waals surface area contributed by atoms with Crippen LogP contribution in [0.1, 0.15) is 0 Å². The fraction of sp³-hybridized carbons (Fsp3) is 0. The lowest BCUT2D eigenvalue weighted by molar-refractivity contribution is 0.476. The van der Waals surface area contributed by atoms with Gasteiger partial charge in [-0.1, -0.05) is 121 Å². The molecule has 0 saturated heterocycles. The number of hydrogen-bond donors (Lipinski definition) is 0. The van der Waals surface area contributed by atoms with Gasteiger partial charge in [-0.2, -0.15) is 0 Å². The predicted molar refractivity (Wildman–Crippen MR) is 229 cm³/mol. The first-order chi connectivity index (χ1) is 27.8. The van der Waals surface area contributed by atoms with Crippen molar-refractivity contribution in [3.8, 4) is 56.6 Å². The van der Waals surface area contributed by atoms with Gasteiger partial charge in [0.2, 0.25) is 5.95 Å². The van der Waals surface area contributed by atoms with Gasteiger partial charge in [-0.25, -0.2) is 9.97 Å². The largest absolute Gasteiger partial charge is 0.453 e. The Labute approximate surface area is 325 Å². The van der Waals surface area contributed by atoms with Crippen molar-refractivity contribution in [2.75, 3.05) is 0 Å². The van der Waals surface area contributed by atoms with Crippen molar-refractivity contribution in [2.24, 2.45) is 0 Å². The normalized spacial score (nSPS) is 12.7. The van der Waals surface area contributed by atoms with Gasteiger partial charge in [0.25, 0.3) is 0 Å². The zero-order chi connectivity index (χ0) is 36.5. The van der Waals surface area contributed by atoms with E-state index < -0.39 is 0 Å².